The molecule has 1 saturated carbocycles. The van der Waals surface area contributed by atoms with Gasteiger partial charge in [-0.25, -0.2) is 9.67 Å². The summed E-state index contributed by atoms with van der Waals surface area (Å²) in [6.45, 7) is 9.70. The SMILES string of the molecule is CCCNC1CCC(CCC)CC1n1nc(C)nc1C. The molecule has 0 spiro atoms. The van der Waals surface area contributed by atoms with Crippen molar-refractivity contribution in [1.29, 1.82) is 0 Å². The van der Waals surface area contributed by atoms with Gasteiger partial charge in [0.05, 0.1) is 6.04 Å². The van der Waals surface area contributed by atoms with Gasteiger partial charge in [0.25, 0.3) is 0 Å². The Labute approximate surface area is 123 Å². The zero-order chi connectivity index (χ0) is 14.5. The zero-order valence-corrected chi connectivity index (χ0v) is 13.5. The molecule has 0 radical (unpaired) electrons. The van der Waals surface area contributed by atoms with Gasteiger partial charge in [-0.2, -0.15) is 5.10 Å². The Morgan fingerprint density at radius 1 is 1.20 bits per heavy atom. The van der Waals surface area contributed by atoms with Gasteiger partial charge in [-0.3, -0.25) is 0 Å². The lowest BCUT2D eigenvalue weighted by Crippen LogP contribution is -2.42. The van der Waals surface area contributed by atoms with Crippen molar-refractivity contribution in [3.8, 4) is 0 Å². The first-order valence-electron chi connectivity index (χ1n) is 8.28. The molecule has 1 aromatic rings. The summed E-state index contributed by atoms with van der Waals surface area (Å²) in [5.41, 5.74) is 0. The monoisotopic (exact) mass is 278 g/mol. The fourth-order valence-corrected chi connectivity index (χ4v) is 3.59. The lowest BCUT2D eigenvalue weighted by Gasteiger charge is -2.37. The number of rotatable bonds is 6. The van der Waals surface area contributed by atoms with Crippen LogP contribution in [0.15, 0.2) is 0 Å². The van der Waals surface area contributed by atoms with E-state index < -0.39 is 0 Å². The lowest BCUT2D eigenvalue weighted by molar-refractivity contribution is 0.184. The highest BCUT2D eigenvalue weighted by Crippen LogP contribution is 2.35. The number of hydrogen-bond donors (Lipinski definition) is 1. The third-order valence-electron chi connectivity index (χ3n) is 4.50. The number of nitrogens with one attached hydrogen (secondary N) is 1. The number of aromatic nitrogens is 3. The van der Waals surface area contributed by atoms with E-state index in [9.17, 15) is 0 Å². The molecule has 1 N–H and O–H groups in total. The van der Waals surface area contributed by atoms with E-state index in [0.29, 0.717) is 12.1 Å². The standard InChI is InChI=1S/C16H30N4/c1-5-7-14-8-9-15(17-10-6-2)16(11-14)20-13(4)18-12(3)19-20/h14-17H,5-11H2,1-4H3. The average molecular weight is 278 g/mol. The van der Waals surface area contributed by atoms with Crippen LogP contribution in [0.1, 0.15) is 70.1 Å². The first-order valence-corrected chi connectivity index (χ1v) is 8.28. The van der Waals surface area contributed by atoms with Gasteiger partial charge in [-0.1, -0.05) is 26.7 Å². The molecule has 4 heteroatoms. The van der Waals surface area contributed by atoms with Crippen molar-refractivity contribution in [2.75, 3.05) is 6.54 Å². The minimum atomic E-state index is 0.480. The highest BCUT2D eigenvalue weighted by atomic mass is 15.4. The van der Waals surface area contributed by atoms with Crippen LogP contribution < -0.4 is 5.32 Å². The Bertz CT molecular complexity index is 413. The molecule has 1 fully saturated rings. The van der Waals surface area contributed by atoms with Crippen LogP contribution in [0, 0.1) is 19.8 Å². The predicted molar refractivity (Wildman–Crippen MR) is 82.9 cm³/mol. The van der Waals surface area contributed by atoms with Crippen molar-refractivity contribution < 1.29 is 0 Å². The summed E-state index contributed by atoms with van der Waals surface area (Å²) < 4.78 is 2.18. The van der Waals surface area contributed by atoms with Gasteiger partial charge >= 0.3 is 0 Å². The molecule has 1 aromatic heterocycles. The second kappa shape index (κ2) is 7.21. The minimum absolute atomic E-state index is 0.480. The molecule has 4 nitrogen and oxygen atoms in total. The third-order valence-corrected chi connectivity index (χ3v) is 4.50. The van der Waals surface area contributed by atoms with Crippen molar-refractivity contribution in [2.45, 2.75) is 78.3 Å². The largest absolute Gasteiger partial charge is 0.312 e. The Hall–Kier alpha value is -0.900. The first kappa shape index (κ1) is 15.5. The van der Waals surface area contributed by atoms with Crippen LogP contribution in [0.3, 0.4) is 0 Å². The molecule has 1 aliphatic rings. The fraction of sp³-hybridized carbons (Fsp3) is 0.875. The van der Waals surface area contributed by atoms with E-state index in [2.05, 4.69) is 40.9 Å². The second-order valence-corrected chi connectivity index (χ2v) is 6.25. The molecular formula is C16H30N4. The predicted octanol–water partition coefficient (Wildman–Crippen LogP) is 3.40. The third kappa shape index (κ3) is 3.60. The minimum Gasteiger partial charge on any atom is -0.312 e. The van der Waals surface area contributed by atoms with Crippen molar-refractivity contribution in [1.82, 2.24) is 20.1 Å². The van der Waals surface area contributed by atoms with Gasteiger partial charge in [0.1, 0.15) is 11.6 Å². The van der Waals surface area contributed by atoms with E-state index in [1.807, 2.05) is 6.92 Å². The highest BCUT2D eigenvalue weighted by molar-refractivity contribution is 4.96. The Balaban J connectivity index is 2.14. The van der Waals surface area contributed by atoms with Gasteiger partial charge in [-0.15, -0.1) is 0 Å². The molecule has 114 valence electrons. The molecule has 20 heavy (non-hydrogen) atoms. The molecule has 3 atom stereocenters. The van der Waals surface area contributed by atoms with Crippen LogP contribution in [-0.2, 0) is 0 Å². The lowest BCUT2D eigenvalue weighted by atomic mass is 9.80. The molecule has 1 heterocycles. The van der Waals surface area contributed by atoms with E-state index in [-0.39, 0.29) is 0 Å². The van der Waals surface area contributed by atoms with Crippen LogP contribution in [-0.4, -0.2) is 27.4 Å². The molecule has 1 aliphatic carbocycles. The molecule has 0 aromatic carbocycles. The van der Waals surface area contributed by atoms with Crippen LogP contribution in [0.2, 0.25) is 0 Å². The summed E-state index contributed by atoms with van der Waals surface area (Å²) >= 11 is 0. The summed E-state index contributed by atoms with van der Waals surface area (Å²) in [4.78, 5) is 4.50. The Morgan fingerprint density at radius 2 is 2.00 bits per heavy atom. The molecular weight excluding hydrogens is 248 g/mol. The Morgan fingerprint density at radius 3 is 2.60 bits per heavy atom. The summed E-state index contributed by atoms with van der Waals surface area (Å²) in [7, 11) is 0. The molecule has 0 aliphatic heterocycles. The molecule has 0 bridgehead atoms. The molecule has 2 rings (SSSR count). The quantitative estimate of drug-likeness (QED) is 0.867. The van der Waals surface area contributed by atoms with Crippen LogP contribution >= 0.6 is 0 Å². The number of nitrogens with zero attached hydrogens (tertiary/aromatic N) is 3. The van der Waals surface area contributed by atoms with E-state index in [4.69, 9.17) is 0 Å². The summed E-state index contributed by atoms with van der Waals surface area (Å²) in [5.74, 6) is 2.82. The van der Waals surface area contributed by atoms with Crippen LogP contribution in [0.5, 0.6) is 0 Å². The number of hydrogen-bond acceptors (Lipinski definition) is 3. The maximum atomic E-state index is 4.65. The van der Waals surface area contributed by atoms with Crippen molar-refractivity contribution in [3.05, 3.63) is 11.6 Å². The van der Waals surface area contributed by atoms with Crippen molar-refractivity contribution in [3.63, 3.8) is 0 Å². The number of aryl methyl sites for hydroxylation is 2. The van der Waals surface area contributed by atoms with E-state index in [1.54, 1.807) is 0 Å². The van der Waals surface area contributed by atoms with Crippen molar-refractivity contribution in [2.24, 2.45) is 5.92 Å². The fourth-order valence-electron chi connectivity index (χ4n) is 3.59. The van der Waals surface area contributed by atoms with Gasteiger partial charge in [0.15, 0.2) is 0 Å². The average Bonchev–Trinajstić information content (AvgIpc) is 2.76. The normalized spacial score (nSPS) is 26.9. The second-order valence-electron chi connectivity index (χ2n) is 6.25. The Kier molecular flexibility index (Phi) is 5.58. The van der Waals surface area contributed by atoms with E-state index in [1.165, 1.54) is 38.5 Å². The summed E-state index contributed by atoms with van der Waals surface area (Å²) in [5, 5.41) is 8.38. The molecule has 3 unspecified atom stereocenters. The van der Waals surface area contributed by atoms with E-state index >= 15 is 0 Å². The smallest absolute Gasteiger partial charge is 0.147 e. The zero-order valence-electron chi connectivity index (χ0n) is 13.5. The van der Waals surface area contributed by atoms with Gasteiger partial charge in [0, 0.05) is 6.04 Å². The maximum Gasteiger partial charge on any atom is 0.147 e. The summed E-state index contributed by atoms with van der Waals surface area (Å²) in [6.07, 6.45) is 7.71. The van der Waals surface area contributed by atoms with Gasteiger partial charge < -0.3 is 5.32 Å². The molecule has 0 saturated heterocycles. The van der Waals surface area contributed by atoms with Gasteiger partial charge in [-0.05, 0) is 52.0 Å². The maximum absolute atomic E-state index is 4.65. The van der Waals surface area contributed by atoms with Crippen molar-refractivity contribution >= 4 is 0 Å². The van der Waals surface area contributed by atoms with Crippen LogP contribution in [0.25, 0.3) is 0 Å². The summed E-state index contributed by atoms with van der Waals surface area (Å²) in [6, 6.07) is 1.04. The topological polar surface area (TPSA) is 42.7 Å². The first-order chi connectivity index (χ1) is 9.65. The van der Waals surface area contributed by atoms with Gasteiger partial charge in [0.2, 0.25) is 0 Å². The van der Waals surface area contributed by atoms with E-state index in [0.717, 1.165) is 24.1 Å². The highest BCUT2D eigenvalue weighted by Gasteiger charge is 2.32. The van der Waals surface area contributed by atoms with Crippen LogP contribution in [0.4, 0.5) is 0 Å². The molecule has 0 amide bonds.